The van der Waals surface area contributed by atoms with E-state index >= 15 is 0 Å². The van der Waals surface area contributed by atoms with Crippen molar-refractivity contribution in [1.29, 1.82) is 0 Å². The lowest BCUT2D eigenvalue weighted by molar-refractivity contribution is -0.137. The van der Waals surface area contributed by atoms with E-state index < -0.39 is 43.7 Å². The Hall–Kier alpha value is -2.84. The first-order valence-corrected chi connectivity index (χ1v) is 13.4. The predicted molar refractivity (Wildman–Crippen MR) is 124 cm³/mol. The van der Waals surface area contributed by atoms with Gasteiger partial charge in [-0.05, 0) is 49.4 Å². The molecule has 0 spiro atoms. The number of amides is 1. The van der Waals surface area contributed by atoms with Crippen LogP contribution in [0.4, 0.5) is 18.9 Å². The number of hydrogen-bond donors (Lipinski definition) is 1. The minimum Gasteiger partial charge on any atom is -0.492 e. The van der Waals surface area contributed by atoms with E-state index in [1.54, 1.807) is 0 Å². The molecule has 1 amide bonds. The van der Waals surface area contributed by atoms with Crippen LogP contribution in [-0.2, 0) is 31.0 Å². The fourth-order valence-electron chi connectivity index (χ4n) is 3.04. The van der Waals surface area contributed by atoms with Crippen LogP contribution in [0, 0.1) is 0 Å². The summed E-state index contributed by atoms with van der Waals surface area (Å²) in [6.45, 7) is 1.18. The van der Waals surface area contributed by atoms with E-state index in [4.69, 9.17) is 4.74 Å². The van der Waals surface area contributed by atoms with Gasteiger partial charge in [-0.1, -0.05) is 6.07 Å². The zero-order chi connectivity index (χ0) is 26.6. The van der Waals surface area contributed by atoms with Gasteiger partial charge in [-0.25, -0.2) is 21.1 Å². The molecule has 14 heteroatoms. The number of halogens is 3. The number of sulfonamides is 2. The lowest BCUT2D eigenvalue weighted by Crippen LogP contribution is -2.48. The van der Waals surface area contributed by atoms with E-state index in [2.05, 4.69) is 5.32 Å². The zero-order valence-electron chi connectivity index (χ0n) is 19.4. The summed E-state index contributed by atoms with van der Waals surface area (Å²) in [6.07, 6.45) is -3.89. The van der Waals surface area contributed by atoms with E-state index in [1.807, 2.05) is 0 Å². The lowest BCUT2D eigenvalue weighted by Gasteiger charge is -2.28. The average Bonchev–Trinajstić information content (AvgIpc) is 2.75. The van der Waals surface area contributed by atoms with Crippen molar-refractivity contribution in [3.05, 3.63) is 54.1 Å². The largest absolute Gasteiger partial charge is 0.492 e. The smallest absolute Gasteiger partial charge is 0.416 e. The van der Waals surface area contributed by atoms with Crippen LogP contribution in [0.25, 0.3) is 0 Å². The Labute approximate surface area is 202 Å². The van der Waals surface area contributed by atoms with Crippen LogP contribution in [0.1, 0.15) is 12.5 Å². The van der Waals surface area contributed by atoms with Gasteiger partial charge >= 0.3 is 6.18 Å². The fraction of sp³-hybridized carbons (Fsp3) is 0.381. The van der Waals surface area contributed by atoms with Crippen molar-refractivity contribution in [2.45, 2.75) is 24.0 Å². The van der Waals surface area contributed by atoms with Crippen molar-refractivity contribution >= 4 is 31.6 Å². The second kappa shape index (κ2) is 10.8. The number of alkyl halides is 3. The average molecular weight is 538 g/mol. The number of anilines is 1. The molecule has 0 aliphatic carbocycles. The molecule has 0 saturated heterocycles. The highest BCUT2D eigenvalue weighted by Gasteiger charge is 2.34. The molecule has 0 aromatic heterocycles. The monoisotopic (exact) mass is 537 g/mol. The maximum absolute atomic E-state index is 13.1. The highest BCUT2D eigenvalue weighted by molar-refractivity contribution is 7.92. The van der Waals surface area contributed by atoms with Crippen LogP contribution in [0.2, 0.25) is 0 Å². The number of nitrogens with one attached hydrogen (secondary N) is 1. The second-order valence-corrected chi connectivity index (χ2v) is 11.7. The van der Waals surface area contributed by atoms with Crippen LogP contribution in [0.15, 0.2) is 53.4 Å². The van der Waals surface area contributed by atoms with Crippen LogP contribution >= 0.6 is 0 Å². The molecular weight excluding hydrogens is 511 g/mol. The first-order chi connectivity index (χ1) is 16.0. The molecule has 0 heterocycles. The summed E-state index contributed by atoms with van der Waals surface area (Å²) in [4.78, 5) is 12.6. The lowest BCUT2D eigenvalue weighted by atomic mass is 10.2. The zero-order valence-corrected chi connectivity index (χ0v) is 21.0. The van der Waals surface area contributed by atoms with Gasteiger partial charge in [-0.3, -0.25) is 9.10 Å². The Balaban J connectivity index is 2.03. The van der Waals surface area contributed by atoms with Gasteiger partial charge in [-0.2, -0.15) is 13.2 Å². The number of nitrogens with zero attached hydrogens (tertiary/aromatic N) is 2. The molecule has 194 valence electrons. The highest BCUT2D eigenvalue weighted by atomic mass is 32.2. The molecule has 0 aliphatic rings. The fourth-order valence-corrected chi connectivity index (χ4v) is 5.11. The van der Waals surface area contributed by atoms with Gasteiger partial charge < -0.3 is 10.1 Å². The molecule has 0 radical (unpaired) electrons. The number of hydrogen-bond acceptors (Lipinski definition) is 6. The Morgan fingerprint density at radius 2 is 1.66 bits per heavy atom. The van der Waals surface area contributed by atoms with Crippen LogP contribution in [0.3, 0.4) is 0 Å². The Bertz CT molecular complexity index is 1250. The third-order valence-corrected chi connectivity index (χ3v) is 7.86. The van der Waals surface area contributed by atoms with E-state index in [-0.39, 0.29) is 23.7 Å². The Morgan fingerprint density at radius 3 is 2.17 bits per heavy atom. The van der Waals surface area contributed by atoms with E-state index in [9.17, 15) is 34.8 Å². The van der Waals surface area contributed by atoms with Crippen LogP contribution in [-0.4, -0.2) is 66.6 Å². The summed E-state index contributed by atoms with van der Waals surface area (Å²) in [7, 11) is -4.88. The minimum absolute atomic E-state index is 0.0271. The van der Waals surface area contributed by atoms with Gasteiger partial charge in [0.15, 0.2) is 0 Å². The maximum Gasteiger partial charge on any atom is 0.416 e. The van der Waals surface area contributed by atoms with E-state index in [0.717, 1.165) is 22.7 Å². The van der Waals surface area contributed by atoms with Gasteiger partial charge in [0.1, 0.15) is 18.4 Å². The number of carbonyl (C=O) groups excluding carboxylic acids is 1. The first-order valence-electron chi connectivity index (χ1n) is 10.1. The van der Waals surface area contributed by atoms with Crippen LogP contribution < -0.4 is 14.4 Å². The topological polar surface area (TPSA) is 113 Å². The molecule has 2 aromatic carbocycles. The summed E-state index contributed by atoms with van der Waals surface area (Å²) in [6, 6.07) is 7.97. The first kappa shape index (κ1) is 28.4. The van der Waals surface area contributed by atoms with Crippen LogP contribution in [0.5, 0.6) is 5.75 Å². The summed E-state index contributed by atoms with van der Waals surface area (Å²) < 4.78 is 95.0. The minimum atomic E-state index is -4.68. The molecule has 1 atom stereocenters. The van der Waals surface area contributed by atoms with Crippen molar-refractivity contribution in [2.75, 3.05) is 37.8 Å². The van der Waals surface area contributed by atoms with Crippen molar-refractivity contribution in [3.8, 4) is 5.75 Å². The van der Waals surface area contributed by atoms with Gasteiger partial charge in [0.05, 0.1) is 28.9 Å². The molecule has 0 saturated carbocycles. The normalized spacial score (nSPS) is 13.4. The van der Waals surface area contributed by atoms with Gasteiger partial charge in [-0.15, -0.1) is 0 Å². The van der Waals surface area contributed by atoms with Gasteiger partial charge in [0.2, 0.25) is 26.0 Å². The van der Waals surface area contributed by atoms with Gasteiger partial charge in [0, 0.05) is 14.1 Å². The molecule has 0 aliphatic heterocycles. The third-order valence-electron chi connectivity index (χ3n) is 4.79. The van der Waals surface area contributed by atoms with Crippen molar-refractivity contribution in [1.82, 2.24) is 9.62 Å². The van der Waals surface area contributed by atoms with E-state index in [1.165, 1.54) is 51.4 Å². The number of rotatable bonds is 10. The molecule has 2 aromatic rings. The molecule has 0 bridgehead atoms. The molecule has 1 unspecified atom stereocenters. The van der Waals surface area contributed by atoms with Crippen molar-refractivity contribution in [3.63, 3.8) is 0 Å². The van der Waals surface area contributed by atoms with Crippen molar-refractivity contribution < 1.29 is 39.5 Å². The van der Waals surface area contributed by atoms with Crippen molar-refractivity contribution in [2.24, 2.45) is 0 Å². The molecule has 2 rings (SSSR count). The maximum atomic E-state index is 13.1. The second-order valence-electron chi connectivity index (χ2n) is 7.68. The third kappa shape index (κ3) is 7.32. The standard InChI is InChI=1S/C21H26F3N3O6S2/c1-15(27(34(4,29)30)17-7-5-6-16(14-17)21(22,23)24)20(28)25-12-13-33-18-8-10-19(11-9-18)35(31,32)26(2)3/h5-11,14-15H,12-13H2,1-4H3,(H,25,28). The quantitative estimate of drug-likeness (QED) is 0.466. The van der Waals surface area contributed by atoms with E-state index in [0.29, 0.717) is 16.1 Å². The highest BCUT2D eigenvalue weighted by Crippen LogP contribution is 2.32. The molecule has 0 fully saturated rings. The summed E-state index contributed by atoms with van der Waals surface area (Å²) >= 11 is 0. The summed E-state index contributed by atoms with van der Waals surface area (Å²) in [5.41, 5.74) is -1.34. The SMILES string of the molecule is CC(C(=O)NCCOc1ccc(S(=O)(=O)N(C)C)cc1)N(c1cccc(C(F)(F)F)c1)S(C)(=O)=O. The molecule has 9 nitrogen and oxygen atoms in total. The molecule has 1 N–H and O–H groups in total. The number of carbonyl (C=O) groups is 1. The summed E-state index contributed by atoms with van der Waals surface area (Å²) in [5.74, 6) is -0.407. The number of benzene rings is 2. The molecular formula is C21H26F3N3O6S2. The summed E-state index contributed by atoms with van der Waals surface area (Å²) in [5, 5.41) is 2.48. The van der Waals surface area contributed by atoms with Gasteiger partial charge in [0.25, 0.3) is 0 Å². The molecule has 35 heavy (non-hydrogen) atoms. The predicted octanol–water partition coefficient (Wildman–Crippen LogP) is 2.31. The number of ether oxygens (including phenoxy) is 1. The Morgan fingerprint density at radius 1 is 1.06 bits per heavy atom. The Kier molecular flexibility index (Phi) is 8.79.